The first-order valence-electron chi connectivity index (χ1n) is 9.93. The number of halogens is 3. The third kappa shape index (κ3) is 4.95. The molecule has 5 nitrogen and oxygen atoms in total. The van der Waals surface area contributed by atoms with Crippen molar-refractivity contribution in [1.29, 1.82) is 0 Å². The number of anilines is 1. The molecule has 0 unspecified atom stereocenters. The normalized spacial score (nSPS) is 18.0. The van der Waals surface area contributed by atoms with E-state index in [1.54, 1.807) is 12.1 Å². The van der Waals surface area contributed by atoms with Gasteiger partial charge >= 0.3 is 0 Å². The number of benzene rings is 2. The zero-order chi connectivity index (χ0) is 22.0. The molecule has 1 atom stereocenters. The summed E-state index contributed by atoms with van der Waals surface area (Å²) in [6.07, 6.45) is 6.41. The fraction of sp³-hybridized carbons (Fsp3) is 0.261. The molecule has 1 saturated heterocycles. The highest BCUT2D eigenvalue weighted by Gasteiger charge is 2.30. The number of amides is 1. The van der Waals surface area contributed by atoms with E-state index >= 15 is 0 Å². The van der Waals surface area contributed by atoms with Crippen LogP contribution in [0, 0.1) is 0 Å². The first-order chi connectivity index (χ1) is 14.9. The minimum atomic E-state index is -0.00945. The van der Waals surface area contributed by atoms with E-state index in [0.717, 1.165) is 24.2 Å². The lowest BCUT2D eigenvalue weighted by atomic mass is 10.2. The molecule has 2 aliphatic rings. The first-order valence-corrected chi connectivity index (χ1v) is 11.1. The second-order valence-corrected chi connectivity index (χ2v) is 8.74. The van der Waals surface area contributed by atoms with E-state index in [-0.39, 0.29) is 5.91 Å². The Morgan fingerprint density at radius 3 is 2.71 bits per heavy atom. The molecule has 162 valence electrons. The maximum Gasteiger partial charge on any atom is 0.246 e. The first kappa shape index (κ1) is 21.9. The van der Waals surface area contributed by atoms with Crippen LogP contribution in [0.25, 0.3) is 0 Å². The van der Waals surface area contributed by atoms with Crippen molar-refractivity contribution in [3.8, 4) is 5.75 Å². The minimum absolute atomic E-state index is 0.00945. The number of nitrogens with zero attached hydrogens (tertiary/aromatic N) is 3. The molecule has 0 aromatic heterocycles. The molecular formula is C23H22Cl3N3O2. The zero-order valence-electron chi connectivity index (χ0n) is 16.8. The summed E-state index contributed by atoms with van der Waals surface area (Å²) >= 11 is 18.6. The van der Waals surface area contributed by atoms with Crippen molar-refractivity contribution < 1.29 is 9.53 Å². The lowest BCUT2D eigenvalue weighted by Gasteiger charge is -2.27. The highest BCUT2D eigenvalue weighted by atomic mass is 35.5. The number of hydrogen-bond acceptors (Lipinski definition) is 4. The molecule has 2 heterocycles. The van der Waals surface area contributed by atoms with E-state index in [1.165, 1.54) is 6.08 Å². The van der Waals surface area contributed by atoms with Crippen LogP contribution in [0.2, 0.25) is 15.1 Å². The van der Waals surface area contributed by atoms with Gasteiger partial charge in [0.15, 0.2) is 0 Å². The van der Waals surface area contributed by atoms with E-state index in [1.807, 2.05) is 35.4 Å². The van der Waals surface area contributed by atoms with Crippen molar-refractivity contribution in [2.45, 2.75) is 19.1 Å². The Hall–Kier alpha value is -2.34. The van der Waals surface area contributed by atoms with Gasteiger partial charge in [-0.1, -0.05) is 47.4 Å². The van der Waals surface area contributed by atoms with Gasteiger partial charge in [-0.2, -0.15) is 0 Å². The van der Waals surface area contributed by atoms with Crippen molar-refractivity contribution in [3.63, 3.8) is 0 Å². The number of ether oxygens (including phenoxy) is 1. The number of likely N-dealkylation sites (tertiary alicyclic amines) is 1. The second kappa shape index (κ2) is 9.43. The van der Waals surface area contributed by atoms with Gasteiger partial charge < -0.3 is 19.4 Å². The van der Waals surface area contributed by atoms with E-state index in [2.05, 4.69) is 22.6 Å². The fourth-order valence-corrected chi connectivity index (χ4v) is 4.46. The molecule has 1 amide bonds. The largest absolute Gasteiger partial charge is 0.487 e. The number of carbonyl (C=O) groups excluding carboxylic acids is 1. The van der Waals surface area contributed by atoms with Gasteiger partial charge in [-0.25, -0.2) is 0 Å². The quantitative estimate of drug-likeness (QED) is 0.509. The van der Waals surface area contributed by atoms with Gasteiger partial charge in [-0.05, 0) is 42.8 Å². The molecular weight excluding hydrogens is 457 g/mol. The summed E-state index contributed by atoms with van der Waals surface area (Å²) in [6.45, 7) is 6.05. The van der Waals surface area contributed by atoms with Gasteiger partial charge in [0.25, 0.3) is 0 Å². The Morgan fingerprint density at radius 2 is 1.97 bits per heavy atom. The minimum Gasteiger partial charge on any atom is -0.487 e. The number of rotatable bonds is 6. The predicted molar refractivity (Wildman–Crippen MR) is 126 cm³/mol. The highest BCUT2D eigenvalue weighted by Crippen LogP contribution is 2.33. The summed E-state index contributed by atoms with van der Waals surface area (Å²) in [5.41, 5.74) is 1.81. The Labute approximate surface area is 197 Å². The van der Waals surface area contributed by atoms with Crippen LogP contribution < -0.4 is 9.64 Å². The van der Waals surface area contributed by atoms with Crippen LogP contribution in [0.15, 0.2) is 61.5 Å². The molecule has 1 fully saturated rings. The standard InChI is InChI=1S/C23H22Cl3N3O2/c1-2-23(30)27-8-7-19(13-27)29-10-9-28(15-29)18-5-6-22(21(26)12-18)31-14-16-3-4-17(24)11-20(16)25/h2-6,9-12,19H,1,7-8,13-15H2/t19-/m1/s1. The fourth-order valence-electron chi connectivity index (χ4n) is 3.76. The molecule has 8 heteroatoms. The third-order valence-electron chi connectivity index (χ3n) is 5.52. The van der Waals surface area contributed by atoms with Crippen LogP contribution in [0.4, 0.5) is 5.69 Å². The number of hydrogen-bond donors (Lipinski definition) is 0. The molecule has 0 aliphatic carbocycles. The van der Waals surface area contributed by atoms with E-state index in [4.69, 9.17) is 39.5 Å². The second-order valence-electron chi connectivity index (χ2n) is 7.49. The predicted octanol–water partition coefficient (Wildman–Crippen LogP) is 5.56. The van der Waals surface area contributed by atoms with E-state index in [0.29, 0.717) is 46.7 Å². The van der Waals surface area contributed by atoms with Crippen molar-refractivity contribution in [2.75, 3.05) is 24.7 Å². The molecule has 31 heavy (non-hydrogen) atoms. The monoisotopic (exact) mass is 477 g/mol. The summed E-state index contributed by atoms with van der Waals surface area (Å²) in [6, 6.07) is 11.3. The molecule has 4 rings (SSSR count). The maximum atomic E-state index is 11.8. The smallest absolute Gasteiger partial charge is 0.246 e. The van der Waals surface area contributed by atoms with Crippen LogP contribution in [-0.4, -0.2) is 41.5 Å². The van der Waals surface area contributed by atoms with Gasteiger partial charge in [-0.3, -0.25) is 4.79 Å². The van der Waals surface area contributed by atoms with Crippen LogP contribution in [0.1, 0.15) is 12.0 Å². The van der Waals surface area contributed by atoms with Crippen LogP contribution in [-0.2, 0) is 11.4 Å². The summed E-state index contributed by atoms with van der Waals surface area (Å²) in [5.74, 6) is 0.579. The van der Waals surface area contributed by atoms with Gasteiger partial charge in [0.2, 0.25) is 5.91 Å². The summed E-state index contributed by atoms with van der Waals surface area (Å²) < 4.78 is 5.86. The molecule has 0 spiro atoms. The summed E-state index contributed by atoms with van der Waals surface area (Å²) in [7, 11) is 0. The van der Waals surface area contributed by atoms with E-state index < -0.39 is 0 Å². The molecule has 2 aromatic rings. The van der Waals surface area contributed by atoms with Gasteiger partial charge in [0, 0.05) is 52.8 Å². The Morgan fingerprint density at radius 1 is 1.13 bits per heavy atom. The average molecular weight is 479 g/mol. The SMILES string of the molecule is C=CC(=O)N1CC[C@@H](N2C=CN(c3ccc(OCc4ccc(Cl)cc4Cl)c(Cl)c3)C2)C1. The van der Waals surface area contributed by atoms with Crippen LogP contribution in [0.3, 0.4) is 0 Å². The Kier molecular flexibility index (Phi) is 6.65. The molecule has 2 aliphatic heterocycles. The topological polar surface area (TPSA) is 36.0 Å². The number of carbonyl (C=O) groups is 1. The van der Waals surface area contributed by atoms with Gasteiger partial charge in [0.1, 0.15) is 12.4 Å². The lowest BCUT2D eigenvalue weighted by Crippen LogP contribution is -2.37. The molecule has 2 aromatic carbocycles. The summed E-state index contributed by atoms with van der Waals surface area (Å²) in [4.78, 5) is 18.0. The molecule has 0 bridgehead atoms. The molecule has 0 radical (unpaired) electrons. The average Bonchev–Trinajstić information content (AvgIpc) is 3.43. The highest BCUT2D eigenvalue weighted by molar-refractivity contribution is 6.35. The molecule has 0 N–H and O–H groups in total. The van der Waals surface area contributed by atoms with Crippen molar-refractivity contribution in [1.82, 2.24) is 9.80 Å². The van der Waals surface area contributed by atoms with E-state index in [9.17, 15) is 4.79 Å². The summed E-state index contributed by atoms with van der Waals surface area (Å²) in [5, 5.41) is 1.67. The van der Waals surface area contributed by atoms with Crippen molar-refractivity contribution >= 4 is 46.4 Å². The van der Waals surface area contributed by atoms with Crippen molar-refractivity contribution in [2.24, 2.45) is 0 Å². The van der Waals surface area contributed by atoms with Crippen LogP contribution >= 0.6 is 34.8 Å². The van der Waals surface area contributed by atoms with Crippen molar-refractivity contribution in [3.05, 3.63) is 82.1 Å². The third-order valence-corrected chi connectivity index (χ3v) is 6.40. The maximum absolute atomic E-state index is 11.8. The lowest BCUT2D eigenvalue weighted by molar-refractivity contribution is -0.125. The van der Waals surface area contributed by atoms with Crippen LogP contribution in [0.5, 0.6) is 5.75 Å². The van der Waals surface area contributed by atoms with Gasteiger partial charge in [-0.15, -0.1) is 0 Å². The van der Waals surface area contributed by atoms with Gasteiger partial charge in [0.05, 0.1) is 11.7 Å². The molecule has 0 saturated carbocycles. The Bertz CT molecular complexity index is 1030. The Balaban J connectivity index is 1.36. The zero-order valence-corrected chi connectivity index (χ0v) is 19.1.